The molecule has 0 atom stereocenters. The molecule has 2 aromatic rings. The summed E-state index contributed by atoms with van der Waals surface area (Å²) in [6, 6.07) is 5.31. The molecule has 1 aliphatic carbocycles. The fourth-order valence-electron chi connectivity index (χ4n) is 2.33. The van der Waals surface area contributed by atoms with Gasteiger partial charge >= 0.3 is 5.76 Å². The first-order valence-electron chi connectivity index (χ1n) is 6.20. The van der Waals surface area contributed by atoms with Crippen molar-refractivity contribution in [3.05, 3.63) is 28.7 Å². The van der Waals surface area contributed by atoms with Crippen LogP contribution in [0.25, 0.3) is 11.1 Å². The summed E-state index contributed by atoms with van der Waals surface area (Å²) in [4.78, 5) is 23.3. The molecule has 3 N–H and O–H groups in total. The normalized spacial score (nSPS) is 22.2. The van der Waals surface area contributed by atoms with E-state index in [1.165, 1.54) is 4.57 Å². The van der Waals surface area contributed by atoms with E-state index in [4.69, 9.17) is 10.2 Å². The second kappa shape index (κ2) is 4.24. The van der Waals surface area contributed by atoms with Crippen molar-refractivity contribution in [1.82, 2.24) is 4.57 Å². The quantitative estimate of drug-likeness (QED) is 0.837. The predicted molar refractivity (Wildman–Crippen MR) is 70.8 cm³/mol. The van der Waals surface area contributed by atoms with Crippen molar-refractivity contribution < 1.29 is 9.21 Å². The maximum absolute atomic E-state index is 11.9. The van der Waals surface area contributed by atoms with E-state index in [2.05, 4.69) is 5.32 Å². The Hall–Kier alpha value is -2.08. The molecule has 0 saturated heterocycles. The van der Waals surface area contributed by atoms with Gasteiger partial charge in [0.1, 0.15) is 0 Å². The average Bonchev–Trinajstić information content (AvgIpc) is 2.61. The van der Waals surface area contributed by atoms with Crippen LogP contribution in [0.15, 0.2) is 27.4 Å². The van der Waals surface area contributed by atoms with E-state index in [0.717, 1.165) is 12.8 Å². The van der Waals surface area contributed by atoms with Crippen LogP contribution in [0.2, 0.25) is 0 Å². The SMILES string of the molecule is Cn1c(=O)oc2cc(NC(=O)C3CC(N)C3)ccc21. The van der Waals surface area contributed by atoms with E-state index >= 15 is 0 Å². The molecule has 6 heteroatoms. The third-order valence-corrected chi connectivity index (χ3v) is 3.61. The molecule has 1 heterocycles. The Morgan fingerprint density at radius 1 is 1.47 bits per heavy atom. The molecule has 0 bridgehead atoms. The highest BCUT2D eigenvalue weighted by Gasteiger charge is 2.31. The lowest BCUT2D eigenvalue weighted by atomic mass is 9.80. The van der Waals surface area contributed by atoms with Gasteiger partial charge in [-0.25, -0.2) is 4.79 Å². The van der Waals surface area contributed by atoms with Crippen LogP contribution >= 0.6 is 0 Å². The fraction of sp³-hybridized carbons (Fsp3) is 0.385. The molecular formula is C13H15N3O3. The highest BCUT2D eigenvalue weighted by molar-refractivity contribution is 5.94. The molecule has 0 unspecified atom stereocenters. The number of anilines is 1. The minimum absolute atomic E-state index is 0.00604. The molecule has 6 nitrogen and oxygen atoms in total. The first kappa shape index (κ1) is 12.0. The van der Waals surface area contributed by atoms with Crippen molar-refractivity contribution in [3.63, 3.8) is 0 Å². The lowest BCUT2D eigenvalue weighted by Crippen LogP contribution is -2.42. The van der Waals surface area contributed by atoms with Crippen molar-refractivity contribution in [2.75, 3.05) is 5.32 Å². The Labute approximate surface area is 109 Å². The molecule has 19 heavy (non-hydrogen) atoms. The number of fused-ring (bicyclic) bond motifs is 1. The molecule has 0 spiro atoms. The van der Waals surface area contributed by atoms with E-state index in [-0.39, 0.29) is 17.9 Å². The lowest BCUT2D eigenvalue weighted by Gasteiger charge is -2.31. The van der Waals surface area contributed by atoms with Gasteiger partial charge in [0.2, 0.25) is 5.91 Å². The Morgan fingerprint density at radius 2 is 2.21 bits per heavy atom. The van der Waals surface area contributed by atoms with Crippen molar-refractivity contribution in [2.45, 2.75) is 18.9 Å². The molecule has 1 amide bonds. The smallest absolute Gasteiger partial charge is 0.408 e. The lowest BCUT2D eigenvalue weighted by molar-refractivity contribution is -0.122. The maximum Gasteiger partial charge on any atom is 0.419 e. The van der Waals surface area contributed by atoms with E-state index < -0.39 is 5.76 Å². The van der Waals surface area contributed by atoms with Crippen LogP contribution < -0.4 is 16.8 Å². The van der Waals surface area contributed by atoms with Gasteiger partial charge in [-0.05, 0) is 25.0 Å². The Balaban J connectivity index is 1.82. The molecular weight excluding hydrogens is 246 g/mol. The highest BCUT2D eigenvalue weighted by atomic mass is 16.4. The van der Waals surface area contributed by atoms with Crippen LogP contribution in [0.3, 0.4) is 0 Å². The van der Waals surface area contributed by atoms with Gasteiger partial charge in [0.05, 0.1) is 5.52 Å². The molecule has 1 aliphatic rings. The number of nitrogens with zero attached hydrogens (tertiary/aromatic N) is 1. The molecule has 0 aliphatic heterocycles. The van der Waals surface area contributed by atoms with Gasteiger partial charge in [0.25, 0.3) is 0 Å². The summed E-state index contributed by atoms with van der Waals surface area (Å²) in [5.41, 5.74) is 7.46. The van der Waals surface area contributed by atoms with Crippen LogP contribution in [0, 0.1) is 5.92 Å². The number of aromatic nitrogens is 1. The summed E-state index contributed by atoms with van der Waals surface area (Å²) in [6.45, 7) is 0. The zero-order valence-corrected chi connectivity index (χ0v) is 10.6. The number of amides is 1. The van der Waals surface area contributed by atoms with E-state index in [1.54, 1.807) is 25.2 Å². The van der Waals surface area contributed by atoms with Gasteiger partial charge in [-0.2, -0.15) is 0 Å². The number of carbonyl (C=O) groups is 1. The predicted octanol–water partition coefficient (Wildman–Crippen LogP) is 0.807. The number of hydrogen-bond acceptors (Lipinski definition) is 4. The maximum atomic E-state index is 11.9. The van der Waals surface area contributed by atoms with Gasteiger partial charge in [0.15, 0.2) is 5.58 Å². The molecule has 1 aromatic heterocycles. The molecule has 1 saturated carbocycles. The van der Waals surface area contributed by atoms with E-state index in [9.17, 15) is 9.59 Å². The molecule has 100 valence electrons. The van der Waals surface area contributed by atoms with Crippen LogP contribution in [-0.2, 0) is 11.8 Å². The molecule has 0 radical (unpaired) electrons. The van der Waals surface area contributed by atoms with Gasteiger partial charge in [-0.1, -0.05) is 0 Å². The number of nitrogens with two attached hydrogens (primary N) is 1. The number of nitrogens with one attached hydrogen (secondary N) is 1. The van der Waals surface area contributed by atoms with Gasteiger partial charge in [-0.3, -0.25) is 9.36 Å². The zero-order chi connectivity index (χ0) is 13.6. The van der Waals surface area contributed by atoms with Crippen LogP contribution in [0.5, 0.6) is 0 Å². The molecule has 1 fully saturated rings. The second-order valence-electron chi connectivity index (χ2n) is 5.03. The van der Waals surface area contributed by atoms with Crippen molar-refractivity contribution in [2.24, 2.45) is 18.7 Å². The number of carbonyl (C=O) groups excluding carboxylic acids is 1. The van der Waals surface area contributed by atoms with Crippen molar-refractivity contribution >= 4 is 22.7 Å². The molecule has 1 aromatic carbocycles. The van der Waals surface area contributed by atoms with Crippen LogP contribution in [0.1, 0.15) is 12.8 Å². The standard InChI is InChI=1S/C13H15N3O3/c1-16-10-3-2-9(6-11(10)19-13(16)18)15-12(17)7-4-8(14)5-7/h2-3,6-8H,4-5,14H2,1H3,(H,15,17). The summed E-state index contributed by atoms with van der Waals surface area (Å²) >= 11 is 0. The number of oxazole rings is 1. The van der Waals surface area contributed by atoms with E-state index in [0.29, 0.717) is 16.8 Å². The number of aryl methyl sites for hydroxylation is 1. The summed E-state index contributed by atoms with van der Waals surface area (Å²) in [5, 5.41) is 2.82. The first-order valence-corrected chi connectivity index (χ1v) is 6.20. The summed E-state index contributed by atoms with van der Waals surface area (Å²) < 4.78 is 6.50. The van der Waals surface area contributed by atoms with Gasteiger partial charge < -0.3 is 15.5 Å². The van der Waals surface area contributed by atoms with Crippen molar-refractivity contribution in [1.29, 1.82) is 0 Å². The average molecular weight is 261 g/mol. The fourth-order valence-corrected chi connectivity index (χ4v) is 2.33. The third-order valence-electron chi connectivity index (χ3n) is 3.61. The zero-order valence-electron chi connectivity index (χ0n) is 10.6. The minimum atomic E-state index is -0.413. The molecule has 3 rings (SSSR count). The van der Waals surface area contributed by atoms with Crippen molar-refractivity contribution in [3.8, 4) is 0 Å². The largest absolute Gasteiger partial charge is 0.419 e. The summed E-state index contributed by atoms with van der Waals surface area (Å²) in [6.07, 6.45) is 1.46. The monoisotopic (exact) mass is 261 g/mol. The first-order chi connectivity index (χ1) is 9.04. The van der Waals surface area contributed by atoms with E-state index in [1.807, 2.05) is 0 Å². The van der Waals surface area contributed by atoms with Gasteiger partial charge in [0, 0.05) is 30.8 Å². The second-order valence-corrected chi connectivity index (χ2v) is 5.03. The third kappa shape index (κ3) is 2.04. The van der Waals surface area contributed by atoms with Crippen LogP contribution in [0.4, 0.5) is 5.69 Å². The summed E-state index contributed by atoms with van der Waals surface area (Å²) in [5.74, 6) is -0.448. The van der Waals surface area contributed by atoms with Gasteiger partial charge in [-0.15, -0.1) is 0 Å². The Morgan fingerprint density at radius 3 is 2.89 bits per heavy atom. The number of hydrogen-bond donors (Lipinski definition) is 2. The van der Waals surface area contributed by atoms with Crippen LogP contribution in [-0.4, -0.2) is 16.5 Å². The Bertz CT molecular complexity index is 695. The Kier molecular flexibility index (Phi) is 2.67. The minimum Gasteiger partial charge on any atom is -0.408 e. The topological polar surface area (TPSA) is 90.3 Å². The summed E-state index contributed by atoms with van der Waals surface area (Å²) in [7, 11) is 1.64. The number of rotatable bonds is 2. The highest BCUT2D eigenvalue weighted by Crippen LogP contribution is 2.27. The number of benzene rings is 1.